The molecule has 0 radical (unpaired) electrons. The van der Waals surface area contributed by atoms with E-state index in [9.17, 15) is 35.2 Å². The third-order valence-electron chi connectivity index (χ3n) is 2.69. The van der Waals surface area contributed by atoms with E-state index in [-0.39, 0.29) is 4.90 Å². The number of halogens is 5. The molecule has 7 nitrogen and oxygen atoms in total. The van der Waals surface area contributed by atoms with Gasteiger partial charge in [0.1, 0.15) is 23.7 Å². The second-order valence-corrected chi connectivity index (χ2v) is 6.81. The molecule has 0 aliphatic heterocycles. The first-order valence-electron chi connectivity index (χ1n) is 6.00. The first-order chi connectivity index (χ1) is 10.3. The van der Waals surface area contributed by atoms with E-state index >= 15 is 0 Å². The van der Waals surface area contributed by atoms with Gasteiger partial charge in [-0.3, -0.25) is 4.79 Å². The molecule has 0 fully saturated rings. The molecule has 0 saturated heterocycles. The van der Waals surface area contributed by atoms with E-state index in [1.165, 1.54) is 0 Å². The highest BCUT2D eigenvalue weighted by Crippen LogP contribution is 2.22. The van der Waals surface area contributed by atoms with Crippen molar-refractivity contribution in [3.63, 3.8) is 0 Å². The highest BCUT2D eigenvalue weighted by atomic mass is 32.2. The van der Waals surface area contributed by atoms with Gasteiger partial charge in [-0.15, -0.1) is 5.10 Å². The molecule has 0 N–H and O–H groups in total. The SMILES string of the molecule is CN(CC(F)(F)F)C(=O)CS(=O)(=O)Cc1nnn(C)c1C(F)F. The lowest BCUT2D eigenvalue weighted by Gasteiger charge is -2.18. The van der Waals surface area contributed by atoms with Gasteiger partial charge in [0.05, 0.1) is 5.75 Å². The predicted molar refractivity (Wildman–Crippen MR) is 67.1 cm³/mol. The van der Waals surface area contributed by atoms with Crippen molar-refractivity contribution in [2.24, 2.45) is 7.05 Å². The Morgan fingerprint density at radius 1 is 1.35 bits per heavy atom. The van der Waals surface area contributed by atoms with Crippen LogP contribution in [0, 0.1) is 0 Å². The Kier molecular flexibility index (Phi) is 5.66. The Balaban J connectivity index is 2.83. The minimum atomic E-state index is -4.68. The Labute approximate surface area is 128 Å². The molecule has 23 heavy (non-hydrogen) atoms. The number of aromatic nitrogens is 3. The summed E-state index contributed by atoms with van der Waals surface area (Å²) in [6.45, 7) is -1.62. The zero-order valence-electron chi connectivity index (χ0n) is 12.0. The van der Waals surface area contributed by atoms with Gasteiger partial charge in [-0.2, -0.15) is 13.2 Å². The van der Waals surface area contributed by atoms with Crippen LogP contribution in [0.4, 0.5) is 22.0 Å². The number of rotatable bonds is 6. The molecule has 0 aromatic carbocycles. The average molecular weight is 364 g/mol. The van der Waals surface area contributed by atoms with Crippen LogP contribution in [0.5, 0.6) is 0 Å². The molecule has 1 aromatic heterocycles. The number of hydrogen-bond acceptors (Lipinski definition) is 5. The Morgan fingerprint density at radius 3 is 2.39 bits per heavy atom. The normalized spacial score (nSPS) is 12.7. The molecule has 0 unspecified atom stereocenters. The smallest absolute Gasteiger partial charge is 0.336 e. The molecule has 0 aliphatic rings. The van der Waals surface area contributed by atoms with Gasteiger partial charge in [0.15, 0.2) is 9.84 Å². The van der Waals surface area contributed by atoms with E-state index in [2.05, 4.69) is 10.3 Å². The minimum absolute atomic E-state index is 0.197. The number of nitrogens with zero attached hydrogens (tertiary/aromatic N) is 4. The second-order valence-electron chi connectivity index (χ2n) is 4.74. The van der Waals surface area contributed by atoms with Crippen molar-refractivity contribution in [1.29, 1.82) is 0 Å². The lowest BCUT2D eigenvalue weighted by atomic mass is 10.3. The van der Waals surface area contributed by atoms with Crippen molar-refractivity contribution in [3.05, 3.63) is 11.4 Å². The van der Waals surface area contributed by atoms with Crippen molar-refractivity contribution >= 4 is 15.7 Å². The van der Waals surface area contributed by atoms with Gasteiger partial charge >= 0.3 is 6.18 Å². The fourth-order valence-electron chi connectivity index (χ4n) is 1.69. The van der Waals surface area contributed by atoms with Gasteiger partial charge in [0, 0.05) is 14.1 Å². The summed E-state index contributed by atoms with van der Waals surface area (Å²) in [6.07, 6.45) is -7.72. The molecule has 1 amide bonds. The summed E-state index contributed by atoms with van der Waals surface area (Å²) in [5, 5.41) is 6.55. The molecule has 0 aliphatic carbocycles. The molecular formula is C10H13F5N4O3S. The van der Waals surface area contributed by atoms with Crippen LogP contribution in [0.25, 0.3) is 0 Å². The topological polar surface area (TPSA) is 85.2 Å². The van der Waals surface area contributed by atoms with E-state index in [1.54, 1.807) is 0 Å². The van der Waals surface area contributed by atoms with Crippen molar-refractivity contribution < 1.29 is 35.2 Å². The maximum Gasteiger partial charge on any atom is 0.406 e. The van der Waals surface area contributed by atoms with Crippen LogP contribution in [0.15, 0.2) is 0 Å². The number of amides is 1. The van der Waals surface area contributed by atoms with Gasteiger partial charge in [-0.05, 0) is 0 Å². The third kappa shape index (κ3) is 5.73. The number of alkyl halides is 5. The fourth-order valence-corrected chi connectivity index (χ4v) is 3.01. The van der Waals surface area contributed by atoms with E-state index in [1.807, 2.05) is 0 Å². The van der Waals surface area contributed by atoms with Crippen LogP contribution in [-0.4, -0.2) is 59.7 Å². The number of aryl methyl sites for hydroxylation is 1. The van der Waals surface area contributed by atoms with E-state index in [0.717, 1.165) is 14.1 Å². The fraction of sp³-hybridized carbons (Fsp3) is 0.700. The Hall–Kier alpha value is -1.79. The van der Waals surface area contributed by atoms with Crippen molar-refractivity contribution in [2.75, 3.05) is 19.3 Å². The Morgan fingerprint density at radius 2 is 1.91 bits per heavy atom. The lowest BCUT2D eigenvalue weighted by Crippen LogP contribution is -2.39. The molecular weight excluding hydrogens is 351 g/mol. The summed E-state index contributed by atoms with van der Waals surface area (Å²) in [5.41, 5.74) is -1.28. The van der Waals surface area contributed by atoms with Crippen molar-refractivity contribution in [3.8, 4) is 0 Å². The van der Waals surface area contributed by atoms with Crippen molar-refractivity contribution in [2.45, 2.75) is 18.4 Å². The largest absolute Gasteiger partial charge is 0.406 e. The van der Waals surface area contributed by atoms with Crippen molar-refractivity contribution in [1.82, 2.24) is 19.9 Å². The van der Waals surface area contributed by atoms with E-state index in [0.29, 0.717) is 4.68 Å². The molecule has 0 saturated carbocycles. The maximum atomic E-state index is 12.8. The van der Waals surface area contributed by atoms with Crippen LogP contribution in [0.3, 0.4) is 0 Å². The lowest BCUT2D eigenvalue weighted by molar-refractivity contribution is -0.156. The van der Waals surface area contributed by atoms with Gasteiger partial charge in [0.25, 0.3) is 6.43 Å². The second kappa shape index (κ2) is 6.76. The average Bonchev–Trinajstić information content (AvgIpc) is 2.66. The zero-order valence-corrected chi connectivity index (χ0v) is 12.8. The summed E-state index contributed by atoms with van der Waals surface area (Å²) in [5.74, 6) is -3.57. The number of sulfone groups is 1. The molecule has 0 atom stereocenters. The summed E-state index contributed by atoms with van der Waals surface area (Å²) >= 11 is 0. The summed E-state index contributed by atoms with van der Waals surface area (Å²) < 4.78 is 86.3. The summed E-state index contributed by atoms with van der Waals surface area (Å²) in [7, 11) is -2.36. The molecule has 132 valence electrons. The first kappa shape index (κ1) is 19.3. The summed E-state index contributed by atoms with van der Waals surface area (Å²) in [4.78, 5) is 11.7. The van der Waals surface area contributed by atoms with Crippen LogP contribution in [0.2, 0.25) is 0 Å². The minimum Gasteiger partial charge on any atom is -0.336 e. The van der Waals surface area contributed by atoms with Crippen LogP contribution in [0.1, 0.15) is 17.8 Å². The first-order valence-corrected chi connectivity index (χ1v) is 7.82. The highest BCUT2D eigenvalue weighted by Gasteiger charge is 2.33. The molecule has 1 aromatic rings. The number of carbonyl (C=O) groups excluding carboxylic acids is 1. The standard InChI is InChI=1S/C10H13F5N4O3S/c1-18(5-10(13,14)15)7(20)4-23(21,22)3-6-8(9(11)12)19(2)17-16-6/h9H,3-5H2,1-2H3. The van der Waals surface area contributed by atoms with Gasteiger partial charge < -0.3 is 4.90 Å². The summed E-state index contributed by atoms with van der Waals surface area (Å²) in [6, 6.07) is 0. The molecule has 0 spiro atoms. The van der Waals surface area contributed by atoms with Gasteiger partial charge in [0.2, 0.25) is 5.91 Å². The quantitative estimate of drug-likeness (QED) is 0.694. The van der Waals surface area contributed by atoms with E-state index < -0.39 is 57.8 Å². The molecule has 1 rings (SSSR count). The monoisotopic (exact) mass is 364 g/mol. The molecule has 1 heterocycles. The van der Waals surface area contributed by atoms with Gasteiger partial charge in [-0.1, -0.05) is 5.21 Å². The maximum absolute atomic E-state index is 12.8. The highest BCUT2D eigenvalue weighted by molar-refractivity contribution is 7.91. The number of hydrogen-bond donors (Lipinski definition) is 0. The Bertz CT molecular complexity index is 671. The zero-order chi connectivity index (χ0) is 18.0. The van der Waals surface area contributed by atoms with Crippen LogP contribution >= 0.6 is 0 Å². The molecule has 0 bridgehead atoms. The van der Waals surface area contributed by atoms with E-state index in [4.69, 9.17) is 0 Å². The predicted octanol–water partition coefficient (Wildman–Crippen LogP) is 0.688. The molecule has 13 heteroatoms. The van der Waals surface area contributed by atoms with Crippen LogP contribution in [-0.2, 0) is 27.4 Å². The van der Waals surface area contributed by atoms with Crippen LogP contribution < -0.4 is 0 Å². The number of carbonyl (C=O) groups is 1. The van der Waals surface area contributed by atoms with Gasteiger partial charge in [-0.25, -0.2) is 21.9 Å². The third-order valence-corrected chi connectivity index (χ3v) is 4.09.